The van der Waals surface area contributed by atoms with Crippen LogP contribution in [0.15, 0.2) is 30.3 Å². The fraction of sp³-hybridized carbons (Fsp3) is 0.867. The van der Waals surface area contributed by atoms with Gasteiger partial charge in [0, 0.05) is 0 Å². The second-order valence-corrected chi connectivity index (χ2v) is 14.9. The maximum atomic E-state index is 3.68. The van der Waals surface area contributed by atoms with E-state index in [-0.39, 0.29) is 0 Å². The Morgan fingerprint density at radius 2 is 0.587 bits per heavy atom. The van der Waals surface area contributed by atoms with E-state index >= 15 is 0 Å². The Hall–Kier alpha value is -0.820. The molecule has 0 fully saturated rings. The molecule has 0 radical (unpaired) electrons. The highest BCUT2D eigenvalue weighted by Crippen LogP contribution is 2.15. The normalized spacial score (nSPS) is 11.2. The van der Waals surface area contributed by atoms with E-state index in [0.29, 0.717) is 5.92 Å². The molecular weight excluding hydrogens is 555 g/mol. The van der Waals surface area contributed by atoms with Crippen LogP contribution in [0.5, 0.6) is 0 Å². The molecule has 0 unspecified atom stereocenters. The molecule has 0 amide bonds. The molecule has 1 N–H and O–H groups in total. The van der Waals surface area contributed by atoms with Crippen LogP contribution in [0.1, 0.15) is 245 Å². The van der Waals surface area contributed by atoms with E-state index in [0.717, 1.165) is 0 Å². The lowest BCUT2D eigenvalue weighted by molar-refractivity contribution is 0.515. The fourth-order valence-corrected chi connectivity index (χ4v) is 6.56. The molecule has 0 heterocycles. The summed E-state index contributed by atoms with van der Waals surface area (Å²) in [4.78, 5) is 0. The Morgan fingerprint density at radius 1 is 0.348 bits per heavy atom. The Morgan fingerprint density at radius 3 is 0.804 bits per heavy atom. The topological polar surface area (TPSA) is 12.0 Å². The first-order chi connectivity index (χ1) is 22.7. The molecule has 1 aromatic rings. The summed E-state index contributed by atoms with van der Waals surface area (Å²) in [5, 5.41) is 3.68. The predicted molar refractivity (Wildman–Crippen MR) is 212 cm³/mol. The third kappa shape index (κ3) is 37.6. The zero-order chi connectivity index (χ0) is 33.4. The van der Waals surface area contributed by atoms with Gasteiger partial charge in [-0.15, -0.1) is 0 Å². The summed E-state index contributed by atoms with van der Waals surface area (Å²) in [6.07, 6.45) is 46.7. The second-order valence-electron chi connectivity index (χ2n) is 14.9. The van der Waals surface area contributed by atoms with Crippen LogP contribution in [0, 0.1) is 0 Å². The maximum absolute atomic E-state index is 3.68. The van der Waals surface area contributed by atoms with Crippen LogP contribution < -0.4 is 5.32 Å². The summed E-state index contributed by atoms with van der Waals surface area (Å²) in [6, 6.07) is 10.5. The van der Waals surface area contributed by atoms with E-state index in [4.69, 9.17) is 0 Å². The van der Waals surface area contributed by atoms with Crippen molar-refractivity contribution in [2.45, 2.75) is 239 Å². The second kappa shape index (κ2) is 40.4. The Kier molecular flexibility index (Phi) is 39.6. The summed E-state index contributed by atoms with van der Waals surface area (Å²) in [7, 11) is 0. The van der Waals surface area contributed by atoms with Gasteiger partial charge >= 0.3 is 0 Å². The molecule has 0 saturated heterocycles. The van der Waals surface area contributed by atoms with Gasteiger partial charge in [0.05, 0.1) is 0 Å². The van der Waals surface area contributed by atoms with E-state index in [1.54, 1.807) is 0 Å². The molecule has 1 nitrogen and oxygen atoms in total. The molecule has 1 aromatic carbocycles. The van der Waals surface area contributed by atoms with Gasteiger partial charge in [0.25, 0.3) is 0 Å². The lowest BCUT2D eigenvalue weighted by Crippen LogP contribution is -2.16. The molecule has 272 valence electrons. The van der Waals surface area contributed by atoms with Gasteiger partial charge in [0.1, 0.15) is 0 Å². The van der Waals surface area contributed by atoms with Crippen LogP contribution in [0.25, 0.3) is 0 Å². The predicted octanol–water partition coefficient (Wildman–Crippen LogP) is 15.9. The van der Waals surface area contributed by atoms with Gasteiger partial charge in [0.2, 0.25) is 0 Å². The average Bonchev–Trinajstić information content (AvgIpc) is 3.07. The highest BCUT2D eigenvalue weighted by atomic mass is 14.8. The number of benzene rings is 1. The van der Waals surface area contributed by atoms with Crippen LogP contribution in [0.2, 0.25) is 0 Å². The molecule has 0 saturated carbocycles. The molecule has 0 bridgehead atoms. The summed E-state index contributed by atoms with van der Waals surface area (Å²) < 4.78 is 0. The van der Waals surface area contributed by atoms with Crippen LogP contribution in [-0.4, -0.2) is 13.1 Å². The zero-order valence-electron chi connectivity index (χ0n) is 32.5. The largest absolute Gasteiger partial charge is 0.317 e. The number of hydrogen-bond acceptors (Lipinski definition) is 1. The van der Waals surface area contributed by atoms with Gasteiger partial charge < -0.3 is 5.32 Å². The third-order valence-electron chi connectivity index (χ3n) is 9.88. The quantitative estimate of drug-likeness (QED) is 0.0727. The number of rotatable bonds is 35. The summed E-state index contributed by atoms with van der Waals surface area (Å²) >= 11 is 0. The highest BCUT2D eigenvalue weighted by Gasteiger charge is 1.97. The standard InChI is InChI=1S/C36H75N.C9H12/c1-3-5-7-9-11-13-15-17-19-21-23-25-27-29-31-33-35-37-36-34-32-30-28-26-24-22-20-18-16-14-12-10-8-6-4-2;1-8(2)9-6-4-3-5-7-9/h37H,3-36H2,1-2H3;3-8H,1-2H3. The minimum atomic E-state index is 0.659. The van der Waals surface area contributed by atoms with Crippen molar-refractivity contribution in [3.8, 4) is 0 Å². The van der Waals surface area contributed by atoms with Crippen molar-refractivity contribution in [2.75, 3.05) is 13.1 Å². The highest BCUT2D eigenvalue weighted by molar-refractivity contribution is 5.17. The van der Waals surface area contributed by atoms with E-state index in [1.165, 1.54) is 224 Å². The van der Waals surface area contributed by atoms with E-state index in [2.05, 4.69) is 57.3 Å². The van der Waals surface area contributed by atoms with Gasteiger partial charge in [-0.25, -0.2) is 0 Å². The minimum absolute atomic E-state index is 0.659. The smallest absolute Gasteiger partial charge is 0.00489 e. The summed E-state index contributed by atoms with van der Waals surface area (Å²) in [5.41, 5.74) is 1.41. The van der Waals surface area contributed by atoms with E-state index in [9.17, 15) is 0 Å². The Balaban J connectivity index is 0.00000191. The van der Waals surface area contributed by atoms with Crippen LogP contribution in [-0.2, 0) is 0 Å². The zero-order valence-corrected chi connectivity index (χ0v) is 32.5. The molecule has 0 atom stereocenters. The molecule has 1 rings (SSSR count). The van der Waals surface area contributed by atoms with Gasteiger partial charge in [0.15, 0.2) is 0 Å². The lowest BCUT2D eigenvalue weighted by Gasteiger charge is -2.06. The van der Waals surface area contributed by atoms with Crippen molar-refractivity contribution < 1.29 is 0 Å². The molecule has 46 heavy (non-hydrogen) atoms. The molecule has 0 aliphatic heterocycles. The molecule has 0 aliphatic carbocycles. The first-order valence-corrected chi connectivity index (χ1v) is 21.5. The van der Waals surface area contributed by atoms with Crippen molar-refractivity contribution in [2.24, 2.45) is 0 Å². The summed E-state index contributed by atoms with van der Waals surface area (Å²) in [5.74, 6) is 0.659. The van der Waals surface area contributed by atoms with E-state index < -0.39 is 0 Å². The first kappa shape index (κ1) is 45.2. The van der Waals surface area contributed by atoms with Gasteiger partial charge in [-0.2, -0.15) is 0 Å². The number of hydrogen-bond donors (Lipinski definition) is 1. The van der Waals surface area contributed by atoms with Crippen molar-refractivity contribution in [3.05, 3.63) is 35.9 Å². The molecule has 0 spiro atoms. The van der Waals surface area contributed by atoms with Gasteiger partial charge in [-0.1, -0.05) is 251 Å². The first-order valence-electron chi connectivity index (χ1n) is 21.5. The van der Waals surface area contributed by atoms with Crippen molar-refractivity contribution in [1.82, 2.24) is 5.32 Å². The van der Waals surface area contributed by atoms with Crippen molar-refractivity contribution in [1.29, 1.82) is 0 Å². The lowest BCUT2D eigenvalue weighted by atomic mass is 10.0. The van der Waals surface area contributed by atoms with Crippen LogP contribution in [0.3, 0.4) is 0 Å². The van der Waals surface area contributed by atoms with Crippen molar-refractivity contribution in [3.63, 3.8) is 0 Å². The number of unbranched alkanes of at least 4 members (excludes halogenated alkanes) is 30. The monoisotopic (exact) mass is 642 g/mol. The van der Waals surface area contributed by atoms with Crippen molar-refractivity contribution >= 4 is 0 Å². The third-order valence-corrected chi connectivity index (χ3v) is 9.88. The average molecular weight is 642 g/mol. The Labute approximate surface area is 292 Å². The van der Waals surface area contributed by atoms with Gasteiger partial charge in [-0.05, 0) is 37.4 Å². The summed E-state index contributed by atoms with van der Waals surface area (Å²) in [6.45, 7) is 11.5. The Bertz CT molecular complexity index is 604. The van der Waals surface area contributed by atoms with E-state index in [1.807, 2.05) is 6.07 Å². The molecule has 1 heteroatoms. The molecule has 0 aromatic heterocycles. The van der Waals surface area contributed by atoms with Gasteiger partial charge in [-0.3, -0.25) is 0 Å². The van der Waals surface area contributed by atoms with Crippen LogP contribution in [0.4, 0.5) is 0 Å². The van der Waals surface area contributed by atoms with Crippen LogP contribution >= 0.6 is 0 Å². The minimum Gasteiger partial charge on any atom is -0.317 e. The number of nitrogens with one attached hydrogen (secondary N) is 1. The SMILES string of the molecule is CC(C)c1ccccc1.CCCCCCCCCCCCCCCCCCNCCCCCCCCCCCCCCCCCC. The molecule has 0 aliphatic rings. The molecular formula is C45H87N. The maximum Gasteiger partial charge on any atom is -0.00489 e. The fourth-order valence-electron chi connectivity index (χ4n) is 6.56.